The first-order valence-electron chi connectivity index (χ1n) is 5.88. The molecule has 0 aliphatic heterocycles. The van der Waals surface area contributed by atoms with Crippen molar-refractivity contribution in [3.05, 3.63) is 42.1 Å². The molecule has 1 heterocycles. The summed E-state index contributed by atoms with van der Waals surface area (Å²) in [6, 6.07) is 9.44. The quantitative estimate of drug-likeness (QED) is 0.818. The molecule has 1 aromatic heterocycles. The number of hydrogen-bond donors (Lipinski definition) is 1. The summed E-state index contributed by atoms with van der Waals surface area (Å²) in [7, 11) is 0. The molecule has 1 aromatic carbocycles. The van der Waals surface area contributed by atoms with Crippen molar-refractivity contribution >= 4 is 48.7 Å². The van der Waals surface area contributed by atoms with Crippen LogP contribution in [0.15, 0.2) is 36.5 Å². The number of nitrogens with one attached hydrogen (secondary N) is 1. The van der Waals surface area contributed by atoms with Crippen LogP contribution in [0, 0.1) is 0 Å². The molecule has 0 spiro atoms. The van der Waals surface area contributed by atoms with Crippen molar-refractivity contribution in [1.82, 2.24) is 10.3 Å². The zero-order valence-corrected chi connectivity index (χ0v) is 13.7. The SMILES string of the molecule is CC(CBr)(CBr)NC(=O)c1cccc2cccnc12. The predicted octanol–water partition coefficient (Wildman–Crippen LogP) is 3.51. The number of carbonyl (C=O) groups excluding carboxylic acids is 1. The summed E-state index contributed by atoms with van der Waals surface area (Å²) >= 11 is 6.85. The van der Waals surface area contributed by atoms with Crippen LogP contribution in [-0.4, -0.2) is 27.1 Å². The number of carbonyl (C=O) groups is 1. The molecular formula is C14H14Br2N2O. The largest absolute Gasteiger partial charge is 0.345 e. The summed E-state index contributed by atoms with van der Waals surface area (Å²) in [4.78, 5) is 16.7. The normalized spacial score (nSPS) is 11.5. The number of para-hydroxylation sites is 1. The Kier molecular flexibility index (Phi) is 4.58. The van der Waals surface area contributed by atoms with Gasteiger partial charge in [0.1, 0.15) is 0 Å². The first-order valence-corrected chi connectivity index (χ1v) is 8.12. The van der Waals surface area contributed by atoms with Crippen LogP contribution in [0.2, 0.25) is 0 Å². The summed E-state index contributed by atoms with van der Waals surface area (Å²) < 4.78 is 0. The number of aromatic nitrogens is 1. The molecule has 19 heavy (non-hydrogen) atoms. The number of alkyl halides is 2. The number of pyridine rings is 1. The number of nitrogens with zero attached hydrogens (tertiary/aromatic N) is 1. The highest BCUT2D eigenvalue weighted by atomic mass is 79.9. The van der Waals surface area contributed by atoms with E-state index in [2.05, 4.69) is 42.2 Å². The van der Waals surface area contributed by atoms with Gasteiger partial charge in [-0.1, -0.05) is 50.1 Å². The molecule has 2 rings (SSSR count). The summed E-state index contributed by atoms with van der Waals surface area (Å²) in [6.45, 7) is 1.98. The van der Waals surface area contributed by atoms with Crippen LogP contribution in [0.5, 0.6) is 0 Å². The van der Waals surface area contributed by atoms with E-state index in [-0.39, 0.29) is 11.4 Å². The van der Waals surface area contributed by atoms with Gasteiger partial charge in [-0.15, -0.1) is 0 Å². The number of benzene rings is 1. The predicted molar refractivity (Wildman–Crippen MR) is 85.2 cm³/mol. The fraction of sp³-hybridized carbons (Fsp3) is 0.286. The molecule has 3 nitrogen and oxygen atoms in total. The van der Waals surface area contributed by atoms with Crippen LogP contribution in [0.3, 0.4) is 0 Å². The van der Waals surface area contributed by atoms with Gasteiger partial charge in [-0.25, -0.2) is 0 Å². The zero-order valence-electron chi connectivity index (χ0n) is 10.5. The van der Waals surface area contributed by atoms with Gasteiger partial charge in [-0.05, 0) is 19.1 Å². The molecular weight excluding hydrogens is 372 g/mol. The van der Waals surface area contributed by atoms with Gasteiger partial charge < -0.3 is 5.32 Å². The van der Waals surface area contributed by atoms with Gasteiger partial charge in [0, 0.05) is 22.2 Å². The van der Waals surface area contributed by atoms with E-state index in [1.54, 1.807) is 12.3 Å². The van der Waals surface area contributed by atoms with Crippen LogP contribution >= 0.6 is 31.9 Å². The van der Waals surface area contributed by atoms with Crippen molar-refractivity contribution in [3.63, 3.8) is 0 Å². The second kappa shape index (κ2) is 6.01. The molecule has 0 saturated carbocycles. The average molecular weight is 386 g/mol. The Balaban J connectivity index is 2.37. The summed E-state index contributed by atoms with van der Waals surface area (Å²) in [5, 5.41) is 5.35. The van der Waals surface area contributed by atoms with Gasteiger partial charge >= 0.3 is 0 Å². The monoisotopic (exact) mass is 384 g/mol. The molecule has 1 amide bonds. The molecule has 0 saturated heterocycles. The Morgan fingerprint density at radius 1 is 1.26 bits per heavy atom. The highest BCUT2D eigenvalue weighted by Gasteiger charge is 2.25. The standard InChI is InChI=1S/C14H14Br2N2O/c1-14(8-15,9-16)18-13(19)11-6-2-4-10-5-3-7-17-12(10)11/h2-7H,8-9H2,1H3,(H,18,19). The van der Waals surface area contributed by atoms with Gasteiger partial charge in [0.05, 0.1) is 16.6 Å². The van der Waals surface area contributed by atoms with Gasteiger partial charge in [0.15, 0.2) is 0 Å². The van der Waals surface area contributed by atoms with E-state index < -0.39 is 0 Å². The van der Waals surface area contributed by atoms with Crippen molar-refractivity contribution in [1.29, 1.82) is 0 Å². The maximum Gasteiger partial charge on any atom is 0.253 e. The van der Waals surface area contributed by atoms with E-state index in [1.807, 2.05) is 31.2 Å². The van der Waals surface area contributed by atoms with E-state index in [1.165, 1.54) is 0 Å². The Morgan fingerprint density at radius 3 is 2.63 bits per heavy atom. The van der Waals surface area contributed by atoms with Gasteiger partial charge in [-0.2, -0.15) is 0 Å². The number of hydrogen-bond acceptors (Lipinski definition) is 2. The van der Waals surface area contributed by atoms with Crippen molar-refractivity contribution < 1.29 is 4.79 Å². The molecule has 0 aliphatic carbocycles. The fourth-order valence-corrected chi connectivity index (χ4v) is 2.94. The third kappa shape index (κ3) is 3.15. The molecule has 0 aliphatic rings. The maximum absolute atomic E-state index is 12.4. The lowest BCUT2D eigenvalue weighted by Crippen LogP contribution is -2.49. The fourth-order valence-electron chi connectivity index (χ4n) is 1.73. The Hall–Kier alpha value is -0.940. The molecule has 0 radical (unpaired) electrons. The lowest BCUT2D eigenvalue weighted by atomic mass is 10.1. The van der Waals surface area contributed by atoms with Crippen molar-refractivity contribution in [2.75, 3.05) is 10.7 Å². The molecule has 2 aromatic rings. The second-order valence-electron chi connectivity index (χ2n) is 4.66. The Labute approximate surface area is 129 Å². The number of amides is 1. The highest BCUT2D eigenvalue weighted by Crippen LogP contribution is 2.18. The molecule has 5 heteroatoms. The molecule has 0 fully saturated rings. The molecule has 0 atom stereocenters. The van der Waals surface area contributed by atoms with Crippen LogP contribution < -0.4 is 5.32 Å². The molecule has 0 bridgehead atoms. The third-order valence-electron chi connectivity index (χ3n) is 2.88. The smallest absolute Gasteiger partial charge is 0.253 e. The van der Waals surface area contributed by atoms with Crippen molar-refractivity contribution in [2.24, 2.45) is 0 Å². The van der Waals surface area contributed by atoms with E-state index in [4.69, 9.17) is 0 Å². The summed E-state index contributed by atoms with van der Waals surface area (Å²) in [5.41, 5.74) is 1.01. The maximum atomic E-state index is 12.4. The Morgan fingerprint density at radius 2 is 1.95 bits per heavy atom. The topological polar surface area (TPSA) is 42.0 Å². The van der Waals surface area contributed by atoms with E-state index in [0.29, 0.717) is 16.2 Å². The highest BCUT2D eigenvalue weighted by molar-refractivity contribution is 9.09. The third-order valence-corrected chi connectivity index (χ3v) is 5.36. The van der Waals surface area contributed by atoms with Crippen LogP contribution in [-0.2, 0) is 0 Å². The summed E-state index contributed by atoms with van der Waals surface area (Å²) in [5.74, 6) is -0.106. The summed E-state index contributed by atoms with van der Waals surface area (Å²) in [6.07, 6.45) is 1.70. The van der Waals surface area contributed by atoms with E-state index in [9.17, 15) is 4.79 Å². The number of halogens is 2. The molecule has 1 N–H and O–H groups in total. The number of fused-ring (bicyclic) bond motifs is 1. The zero-order chi connectivity index (χ0) is 13.9. The van der Waals surface area contributed by atoms with Crippen LogP contribution in [0.1, 0.15) is 17.3 Å². The second-order valence-corrected chi connectivity index (χ2v) is 5.78. The van der Waals surface area contributed by atoms with Gasteiger partial charge in [0.25, 0.3) is 5.91 Å². The van der Waals surface area contributed by atoms with Crippen LogP contribution in [0.25, 0.3) is 10.9 Å². The average Bonchev–Trinajstić information content (AvgIpc) is 2.46. The number of rotatable bonds is 4. The lowest BCUT2D eigenvalue weighted by molar-refractivity contribution is 0.0924. The van der Waals surface area contributed by atoms with Crippen molar-refractivity contribution in [3.8, 4) is 0 Å². The van der Waals surface area contributed by atoms with E-state index in [0.717, 1.165) is 10.9 Å². The van der Waals surface area contributed by atoms with Gasteiger partial charge in [0.2, 0.25) is 0 Å². The molecule has 0 unspecified atom stereocenters. The Bertz CT molecular complexity index is 592. The van der Waals surface area contributed by atoms with Crippen molar-refractivity contribution in [2.45, 2.75) is 12.5 Å². The lowest BCUT2D eigenvalue weighted by Gasteiger charge is -2.26. The molecule has 100 valence electrons. The first-order chi connectivity index (χ1) is 9.09. The minimum atomic E-state index is -0.325. The van der Waals surface area contributed by atoms with Gasteiger partial charge in [-0.3, -0.25) is 9.78 Å². The van der Waals surface area contributed by atoms with E-state index >= 15 is 0 Å². The van der Waals surface area contributed by atoms with Crippen LogP contribution in [0.4, 0.5) is 0 Å². The minimum absolute atomic E-state index is 0.106. The first kappa shape index (κ1) is 14.5. The minimum Gasteiger partial charge on any atom is -0.345 e.